The van der Waals surface area contributed by atoms with Gasteiger partial charge >= 0.3 is 6.09 Å². The largest absolute Gasteiger partial charge is 0.444 e. The summed E-state index contributed by atoms with van der Waals surface area (Å²) < 4.78 is 30.6. The van der Waals surface area contributed by atoms with Gasteiger partial charge in [-0.2, -0.15) is 4.98 Å². The molecule has 0 spiro atoms. The fraction of sp³-hybridized carbons (Fsp3) is 0.333. The van der Waals surface area contributed by atoms with E-state index < -0.39 is 32.7 Å². The van der Waals surface area contributed by atoms with Crippen LogP contribution in [0, 0.1) is 0 Å². The molecule has 0 atom stereocenters. The fourth-order valence-corrected chi connectivity index (χ4v) is 5.75. The van der Waals surface area contributed by atoms with E-state index >= 15 is 0 Å². The number of alkyl carbamates (subject to hydrolysis) is 1. The lowest BCUT2D eigenvalue weighted by Crippen LogP contribution is -2.37. The molecular formula is C24H29ClN6O5S2. The molecule has 14 heteroatoms. The Hall–Kier alpha value is -3.42. The number of aromatic nitrogens is 2. The molecule has 204 valence electrons. The van der Waals surface area contributed by atoms with Crippen molar-refractivity contribution in [3.05, 3.63) is 46.9 Å². The maximum atomic E-state index is 12.6. The zero-order valence-corrected chi connectivity index (χ0v) is 23.8. The zero-order valence-electron chi connectivity index (χ0n) is 21.5. The summed E-state index contributed by atoms with van der Waals surface area (Å²) in [6, 6.07) is 8.39. The average Bonchev–Trinajstić information content (AvgIpc) is 3.29. The number of hydrogen-bond donors (Lipinski definition) is 4. The summed E-state index contributed by atoms with van der Waals surface area (Å²) in [6.45, 7) is 8.19. The number of thiophene rings is 1. The van der Waals surface area contributed by atoms with Crippen molar-refractivity contribution in [3.63, 3.8) is 0 Å². The predicted molar refractivity (Wildman–Crippen MR) is 150 cm³/mol. The first-order valence-corrected chi connectivity index (χ1v) is 14.3. The molecule has 2 amide bonds. The van der Waals surface area contributed by atoms with E-state index in [0.29, 0.717) is 17.1 Å². The fourth-order valence-electron chi connectivity index (χ4n) is 2.90. The molecule has 1 aromatic carbocycles. The highest BCUT2D eigenvalue weighted by molar-refractivity contribution is 7.94. The van der Waals surface area contributed by atoms with Crippen LogP contribution in [0.2, 0.25) is 5.02 Å². The van der Waals surface area contributed by atoms with Crippen LogP contribution in [-0.2, 0) is 19.4 Å². The highest BCUT2D eigenvalue weighted by Gasteiger charge is 2.25. The first-order chi connectivity index (χ1) is 17.7. The number of ether oxygens (including phenoxy) is 1. The molecule has 3 aromatic rings. The third kappa shape index (κ3) is 8.04. The number of anilines is 5. The number of nitrogens with one attached hydrogen (secondary N) is 4. The van der Waals surface area contributed by atoms with Gasteiger partial charge in [-0.3, -0.25) is 4.79 Å². The van der Waals surface area contributed by atoms with Crippen LogP contribution >= 0.6 is 22.9 Å². The Balaban J connectivity index is 1.63. The van der Waals surface area contributed by atoms with E-state index in [4.69, 9.17) is 16.3 Å². The quantitative estimate of drug-likeness (QED) is 0.263. The minimum atomic E-state index is -3.49. The van der Waals surface area contributed by atoms with Gasteiger partial charge in [-0.25, -0.2) is 18.2 Å². The molecule has 0 aliphatic carbocycles. The third-order valence-corrected chi connectivity index (χ3v) is 8.67. The summed E-state index contributed by atoms with van der Waals surface area (Å²) in [4.78, 5) is 32.3. The van der Waals surface area contributed by atoms with Crippen LogP contribution in [0.4, 0.5) is 33.6 Å². The highest BCUT2D eigenvalue weighted by atomic mass is 35.5. The second-order valence-electron chi connectivity index (χ2n) is 9.34. The van der Waals surface area contributed by atoms with Gasteiger partial charge in [0.2, 0.25) is 11.9 Å². The van der Waals surface area contributed by atoms with Crippen molar-refractivity contribution in [3.8, 4) is 0 Å². The van der Waals surface area contributed by atoms with Gasteiger partial charge in [-0.15, -0.1) is 11.3 Å². The second-order valence-corrected chi connectivity index (χ2v) is 13.4. The molecule has 0 saturated heterocycles. The number of amides is 2. The number of rotatable bonds is 9. The predicted octanol–water partition coefficient (Wildman–Crippen LogP) is 5.32. The molecule has 11 nitrogen and oxygen atoms in total. The summed E-state index contributed by atoms with van der Waals surface area (Å²) in [5.41, 5.74) is 0.871. The topological polar surface area (TPSA) is 151 Å². The number of carbonyl (C=O) groups is 2. The maximum Gasteiger partial charge on any atom is 0.408 e. The lowest BCUT2D eigenvalue weighted by Gasteiger charge is -2.19. The number of benzene rings is 1. The summed E-state index contributed by atoms with van der Waals surface area (Å²) in [6.07, 6.45) is 0.717. The molecule has 4 N–H and O–H groups in total. The standard InChI is InChI=1S/C24H29ClN6O5S2/c1-14(2)38(34,35)21-18(10-11-37-21)30-20-17(25)12-26-22(31-20)29-16-8-6-15(7-9-16)28-19(32)13-27-23(33)36-24(3,4)5/h6-12,14H,13H2,1-5H3,(H,27,33)(H,28,32)(H2,26,29,30,31). The highest BCUT2D eigenvalue weighted by Crippen LogP contribution is 2.34. The monoisotopic (exact) mass is 580 g/mol. The van der Waals surface area contributed by atoms with Gasteiger partial charge in [-0.1, -0.05) is 11.6 Å². The van der Waals surface area contributed by atoms with Crippen LogP contribution < -0.4 is 21.3 Å². The van der Waals surface area contributed by atoms with Crippen molar-refractivity contribution < 1.29 is 22.7 Å². The van der Waals surface area contributed by atoms with E-state index in [2.05, 4.69) is 31.2 Å². The molecule has 38 heavy (non-hydrogen) atoms. The summed E-state index contributed by atoms with van der Waals surface area (Å²) in [5, 5.41) is 12.4. The van der Waals surface area contributed by atoms with E-state index in [9.17, 15) is 18.0 Å². The Bertz CT molecular complexity index is 1400. The van der Waals surface area contributed by atoms with Gasteiger partial charge < -0.3 is 26.0 Å². The van der Waals surface area contributed by atoms with E-state index in [1.807, 2.05) is 0 Å². The lowest BCUT2D eigenvalue weighted by atomic mass is 10.2. The first-order valence-electron chi connectivity index (χ1n) is 11.5. The third-order valence-electron chi connectivity index (χ3n) is 4.72. The van der Waals surface area contributed by atoms with Crippen molar-refractivity contribution in [1.29, 1.82) is 0 Å². The summed E-state index contributed by atoms with van der Waals surface area (Å²) >= 11 is 7.37. The average molecular weight is 581 g/mol. The van der Waals surface area contributed by atoms with E-state index in [0.717, 1.165) is 11.3 Å². The smallest absolute Gasteiger partial charge is 0.408 e. The van der Waals surface area contributed by atoms with E-state index in [-0.39, 0.29) is 27.5 Å². The molecule has 0 radical (unpaired) electrons. The zero-order chi connectivity index (χ0) is 28.1. The second kappa shape index (κ2) is 12.0. The van der Waals surface area contributed by atoms with Crippen LogP contribution in [0.3, 0.4) is 0 Å². The summed E-state index contributed by atoms with van der Waals surface area (Å²) in [5.74, 6) is 0.0449. The maximum absolute atomic E-state index is 12.6. The van der Waals surface area contributed by atoms with Gasteiger partial charge in [0.25, 0.3) is 0 Å². The number of carbonyl (C=O) groups excluding carboxylic acids is 2. The normalized spacial score (nSPS) is 11.7. The Kier molecular flexibility index (Phi) is 9.18. The van der Waals surface area contributed by atoms with Crippen LogP contribution in [0.1, 0.15) is 34.6 Å². The van der Waals surface area contributed by atoms with Crippen LogP contribution in [0.15, 0.2) is 46.1 Å². The molecule has 0 aliphatic heterocycles. The van der Waals surface area contributed by atoms with Crippen molar-refractivity contribution in [2.75, 3.05) is 22.5 Å². The minimum absolute atomic E-state index is 0.204. The van der Waals surface area contributed by atoms with Gasteiger partial charge in [0.15, 0.2) is 15.7 Å². The first kappa shape index (κ1) is 29.1. The molecule has 0 fully saturated rings. The van der Waals surface area contributed by atoms with E-state index in [1.54, 1.807) is 70.3 Å². The van der Waals surface area contributed by atoms with Gasteiger partial charge in [0.05, 0.1) is 17.1 Å². The van der Waals surface area contributed by atoms with Crippen molar-refractivity contribution in [1.82, 2.24) is 15.3 Å². The summed E-state index contributed by atoms with van der Waals surface area (Å²) in [7, 11) is -3.49. The molecule has 0 aliphatic rings. The van der Waals surface area contributed by atoms with Crippen LogP contribution in [0.5, 0.6) is 0 Å². The van der Waals surface area contributed by atoms with E-state index in [1.165, 1.54) is 6.20 Å². The van der Waals surface area contributed by atoms with Gasteiger partial charge in [-0.05, 0) is 70.3 Å². The SMILES string of the molecule is CC(C)S(=O)(=O)c1sccc1Nc1nc(Nc2ccc(NC(=O)CNC(=O)OC(C)(C)C)cc2)ncc1Cl. The van der Waals surface area contributed by atoms with Crippen LogP contribution in [0.25, 0.3) is 0 Å². The molecular weight excluding hydrogens is 552 g/mol. The minimum Gasteiger partial charge on any atom is -0.444 e. The Morgan fingerprint density at radius 1 is 1.08 bits per heavy atom. The number of halogens is 1. The van der Waals surface area contributed by atoms with Crippen molar-refractivity contribution >= 4 is 73.6 Å². The molecule has 0 bridgehead atoms. The van der Waals surface area contributed by atoms with Crippen molar-refractivity contribution in [2.45, 2.75) is 49.7 Å². The van der Waals surface area contributed by atoms with Gasteiger partial charge in [0.1, 0.15) is 21.4 Å². The molecule has 0 unspecified atom stereocenters. The Morgan fingerprint density at radius 3 is 2.37 bits per heavy atom. The molecule has 0 saturated carbocycles. The van der Waals surface area contributed by atoms with Gasteiger partial charge in [0, 0.05) is 11.4 Å². The number of hydrogen-bond acceptors (Lipinski definition) is 10. The Labute approximate surface area is 230 Å². The molecule has 3 rings (SSSR count). The Morgan fingerprint density at radius 2 is 1.74 bits per heavy atom. The van der Waals surface area contributed by atoms with Crippen molar-refractivity contribution in [2.24, 2.45) is 0 Å². The number of nitrogens with zero attached hydrogens (tertiary/aromatic N) is 2. The number of sulfone groups is 1. The molecule has 2 heterocycles. The molecule has 2 aromatic heterocycles. The lowest BCUT2D eigenvalue weighted by molar-refractivity contribution is -0.115. The van der Waals surface area contributed by atoms with Crippen LogP contribution in [-0.4, -0.2) is 47.8 Å².